The van der Waals surface area contributed by atoms with Gasteiger partial charge in [0.1, 0.15) is 0 Å². The third-order valence-electron chi connectivity index (χ3n) is 3.36. The number of nitrogens with zero attached hydrogens (tertiary/aromatic N) is 5. The van der Waals surface area contributed by atoms with Crippen LogP contribution in [-0.2, 0) is 6.54 Å². The summed E-state index contributed by atoms with van der Waals surface area (Å²) in [5, 5.41) is 11.6. The lowest BCUT2D eigenvalue weighted by molar-refractivity contribution is 0.102. The first-order chi connectivity index (χ1) is 11.4. The van der Waals surface area contributed by atoms with Crippen molar-refractivity contribution in [3.63, 3.8) is 0 Å². The van der Waals surface area contributed by atoms with Crippen molar-refractivity contribution in [2.24, 2.45) is 0 Å². The highest BCUT2D eigenvalue weighted by Crippen LogP contribution is 2.23. The average Bonchev–Trinajstić information content (AvgIpc) is 3.05. The summed E-state index contributed by atoms with van der Waals surface area (Å²) in [7, 11) is 0. The molecule has 0 radical (unpaired) electrons. The number of amides is 1. The van der Waals surface area contributed by atoms with Crippen molar-refractivity contribution in [2.75, 3.05) is 5.32 Å². The Bertz CT molecular complexity index is 886. The molecule has 3 aromatic rings. The maximum absolute atomic E-state index is 12.4. The van der Waals surface area contributed by atoms with Crippen LogP contribution in [0.15, 0.2) is 18.2 Å². The molecule has 2 heterocycles. The van der Waals surface area contributed by atoms with Gasteiger partial charge in [-0.05, 0) is 32.0 Å². The Morgan fingerprint density at radius 3 is 2.54 bits per heavy atom. The Labute approximate surface area is 151 Å². The molecule has 0 spiro atoms. The van der Waals surface area contributed by atoms with Gasteiger partial charge in [-0.1, -0.05) is 28.4 Å². The molecule has 10 heteroatoms. The maximum Gasteiger partial charge on any atom is 0.278 e. The third kappa shape index (κ3) is 3.55. The van der Waals surface area contributed by atoms with Crippen LogP contribution in [0.5, 0.6) is 0 Å². The lowest BCUT2D eigenvalue weighted by Gasteiger charge is -2.06. The van der Waals surface area contributed by atoms with E-state index in [1.807, 2.05) is 6.92 Å². The number of carbonyl (C=O) groups is 1. The number of aromatic nitrogens is 5. The molecule has 0 aliphatic rings. The van der Waals surface area contributed by atoms with E-state index in [0.717, 1.165) is 23.1 Å². The first kappa shape index (κ1) is 16.8. The van der Waals surface area contributed by atoms with E-state index < -0.39 is 0 Å². The average molecular weight is 383 g/mol. The zero-order chi connectivity index (χ0) is 17.3. The fourth-order valence-electron chi connectivity index (χ4n) is 2.07. The Balaban J connectivity index is 1.79. The van der Waals surface area contributed by atoms with Gasteiger partial charge in [-0.25, -0.2) is 4.68 Å². The van der Waals surface area contributed by atoms with Gasteiger partial charge in [-0.15, -0.1) is 5.10 Å². The lowest BCUT2D eigenvalue weighted by atomic mass is 10.2. The van der Waals surface area contributed by atoms with Crippen molar-refractivity contribution in [1.29, 1.82) is 0 Å². The van der Waals surface area contributed by atoms with E-state index >= 15 is 0 Å². The van der Waals surface area contributed by atoms with Gasteiger partial charge in [0.15, 0.2) is 5.69 Å². The minimum Gasteiger partial charge on any atom is -0.320 e. The van der Waals surface area contributed by atoms with E-state index in [-0.39, 0.29) is 11.6 Å². The number of carbonyl (C=O) groups excluding carboxylic acids is 1. The van der Waals surface area contributed by atoms with E-state index in [2.05, 4.69) is 24.4 Å². The number of hydrogen-bond donors (Lipinski definition) is 1. The number of benzene rings is 1. The number of hydrogen-bond acceptors (Lipinski definition) is 6. The van der Waals surface area contributed by atoms with Crippen molar-refractivity contribution in [1.82, 2.24) is 23.7 Å². The molecule has 0 unspecified atom stereocenters. The third-order valence-corrected chi connectivity index (χ3v) is 4.46. The van der Waals surface area contributed by atoms with E-state index in [4.69, 9.17) is 23.2 Å². The summed E-state index contributed by atoms with van der Waals surface area (Å²) in [6.45, 7) is 4.06. The molecule has 0 bridgehead atoms. The predicted octanol–water partition coefficient (Wildman–Crippen LogP) is 3.35. The standard InChI is InChI=1S/C14H12Cl2N6OS/c1-7-12(20-24-19-7)6-22-8(2)13(18-21-22)14(23)17-11-4-9(15)3-10(16)5-11/h3-5H,6H2,1-2H3,(H,17,23). The summed E-state index contributed by atoms with van der Waals surface area (Å²) in [5.74, 6) is -0.384. The molecule has 0 atom stereocenters. The quantitative estimate of drug-likeness (QED) is 0.747. The second-order valence-electron chi connectivity index (χ2n) is 5.09. The number of halogens is 2. The Kier molecular flexibility index (Phi) is 4.79. The second-order valence-corrected chi connectivity index (χ2v) is 6.49. The minimum atomic E-state index is -0.384. The highest BCUT2D eigenvalue weighted by atomic mass is 35.5. The zero-order valence-corrected chi connectivity index (χ0v) is 15.1. The van der Waals surface area contributed by atoms with Gasteiger partial charge in [0, 0.05) is 15.7 Å². The fourth-order valence-corrected chi connectivity index (χ4v) is 3.15. The van der Waals surface area contributed by atoms with E-state index in [0.29, 0.717) is 28.0 Å². The summed E-state index contributed by atoms with van der Waals surface area (Å²) in [4.78, 5) is 12.4. The molecule has 0 aliphatic heterocycles. The van der Waals surface area contributed by atoms with Gasteiger partial charge in [0.05, 0.1) is 35.4 Å². The normalized spacial score (nSPS) is 10.8. The monoisotopic (exact) mass is 382 g/mol. The van der Waals surface area contributed by atoms with Crippen LogP contribution in [0.3, 0.4) is 0 Å². The van der Waals surface area contributed by atoms with E-state index in [1.54, 1.807) is 29.8 Å². The molecule has 1 N–H and O–H groups in total. The van der Waals surface area contributed by atoms with Crippen LogP contribution in [0, 0.1) is 13.8 Å². The molecular weight excluding hydrogens is 371 g/mol. The van der Waals surface area contributed by atoms with Crippen molar-refractivity contribution < 1.29 is 4.79 Å². The molecule has 0 aliphatic carbocycles. The molecule has 0 saturated carbocycles. The molecule has 124 valence electrons. The molecule has 1 amide bonds. The highest BCUT2D eigenvalue weighted by Gasteiger charge is 2.18. The Hall–Kier alpha value is -2.03. The second kappa shape index (κ2) is 6.84. The van der Waals surface area contributed by atoms with Crippen molar-refractivity contribution in [2.45, 2.75) is 20.4 Å². The first-order valence-corrected chi connectivity index (χ1v) is 8.38. The Morgan fingerprint density at radius 2 is 1.92 bits per heavy atom. The summed E-state index contributed by atoms with van der Waals surface area (Å²) in [5.41, 5.74) is 3.00. The number of rotatable bonds is 4. The molecule has 24 heavy (non-hydrogen) atoms. The van der Waals surface area contributed by atoms with Crippen LogP contribution >= 0.6 is 34.9 Å². The van der Waals surface area contributed by atoms with Gasteiger partial charge in [-0.2, -0.15) is 8.75 Å². The zero-order valence-electron chi connectivity index (χ0n) is 12.7. The van der Waals surface area contributed by atoms with Crippen LogP contribution < -0.4 is 5.32 Å². The molecule has 7 nitrogen and oxygen atoms in total. The summed E-state index contributed by atoms with van der Waals surface area (Å²) < 4.78 is 9.94. The van der Waals surface area contributed by atoms with Crippen LogP contribution in [0.4, 0.5) is 5.69 Å². The minimum absolute atomic E-state index is 0.229. The van der Waals surface area contributed by atoms with Crippen LogP contribution in [0.1, 0.15) is 27.6 Å². The predicted molar refractivity (Wildman–Crippen MR) is 92.9 cm³/mol. The fraction of sp³-hybridized carbons (Fsp3) is 0.214. The van der Waals surface area contributed by atoms with Crippen molar-refractivity contribution in [3.05, 3.63) is 51.0 Å². The number of anilines is 1. The van der Waals surface area contributed by atoms with Crippen molar-refractivity contribution >= 4 is 46.5 Å². The summed E-state index contributed by atoms with van der Waals surface area (Å²) in [6, 6.07) is 4.80. The van der Waals surface area contributed by atoms with E-state index in [1.165, 1.54) is 0 Å². The van der Waals surface area contributed by atoms with Gasteiger partial charge >= 0.3 is 0 Å². The van der Waals surface area contributed by atoms with Gasteiger partial charge in [0.25, 0.3) is 5.91 Å². The van der Waals surface area contributed by atoms with Gasteiger partial charge < -0.3 is 5.32 Å². The van der Waals surface area contributed by atoms with Crippen LogP contribution in [0.25, 0.3) is 0 Å². The molecule has 1 aromatic carbocycles. The van der Waals surface area contributed by atoms with Crippen molar-refractivity contribution in [3.8, 4) is 0 Å². The summed E-state index contributed by atoms with van der Waals surface area (Å²) >= 11 is 13.0. The number of nitrogens with one attached hydrogen (secondary N) is 1. The molecular formula is C14H12Cl2N6OS. The van der Waals surface area contributed by atoms with Crippen LogP contribution in [0.2, 0.25) is 10.0 Å². The smallest absolute Gasteiger partial charge is 0.278 e. The van der Waals surface area contributed by atoms with Crippen LogP contribution in [-0.4, -0.2) is 29.6 Å². The van der Waals surface area contributed by atoms with Gasteiger partial charge in [0.2, 0.25) is 0 Å². The Morgan fingerprint density at radius 1 is 1.21 bits per heavy atom. The molecule has 0 saturated heterocycles. The number of aryl methyl sites for hydroxylation is 1. The topological polar surface area (TPSA) is 85.6 Å². The maximum atomic E-state index is 12.4. The largest absolute Gasteiger partial charge is 0.320 e. The first-order valence-electron chi connectivity index (χ1n) is 6.89. The van der Waals surface area contributed by atoms with E-state index in [9.17, 15) is 4.79 Å². The summed E-state index contributed by atoms with van der Waals surface area (Å²) in [6.07, 6.45) is 0. The van der Waals surface area contributed by atoms with Gasteiger partial charge in [-0.3, -0.25) is 4.79 Å². The highest BCUT2D eigenvalue weighted by molar-refractivity contribution is 6.99. The molecule has 2 aromatic heterocycles. The molecule has 3 rings (SSSR count). The SMILES string of the molecule is Cc1nsnc1Cn1nnc(C(=O)Nc2cc(Cl)cc(Cl)c2)c1C. The molecule has 0 fully saturated rings. The lowest BCUT2D eigenvalue weighted by Crippen LogP contribution is -2.14.